The van der Waals surface area contributed by atoms with Crippen LogP contribution in [0.25, 0.3) is 11.1 Å². The van der Waals surface area contributed by atoms with E-state index in [0.29, 0.717) is 27.1 Å². The van der Waals surface area contributed by atoms with Crippen LogP contribution >= 0.6 is 23.2 Å². The Hall–Kier alpha value is -1.52. The van der Waals surface area contributed by atoms with E-state index in [-0.39, 0.29) is 17.9 Å². The number of ether oxygens (including phenoxy) is 1. The summed E-state index contributed by atoms with van der Waals surface area (Å²) >= 11 is 12.9. The van der Waals surface area contributed by atoms with E-state index < -0.39 is 11.6 Å². The van der Waals surface area contributed by atoms with Crippen LogP contribution < -0.4 is 0 Å². The number of nitrogens with one attached hydrogen (secondary N) is 1. The van der Waals surface area contributed by atoms with Gasteiger partial charge in [0, 0.05) is 17.3 Å². The fourth-order valence-corrected chi connectivity index (χ4v) is 3.71. The highest BCUT2D eigenvalue weighted by Crippen LogP contribution is 2.46. The average molecular weight is 384 g/mol. The van der Waals surface area contributed by atoms with Gasteiger partial charge in [0.2, 0.25) is 0 Å². The van der Waals surface area contributed by atoms with E-state index in [1.165, 1.54) is 13.8 Å². The zero-order valence-electron chi connectivity index (χ0n) is 14.4. The van der Waals surface area contributed by atoms with E-state index in [2.05, 4.69) is 4.98 Å². The second-order valence-electron chi connectivity index (χ2n) is 6.78. The second kappa shape index (κ2) is 6.65. The Balaban J connectivity index is 2.17. The molecule has 1 aliphatic carbocycles. The third kappa shape index (κ3) is 3.56. The molecule has 3 nitrogen and oxygen atoms in total. The number of halogens is 3. The van der Waals surface area contributed by atoms with E-state index in [0.717, 1.165) is 18.4 Å². The number of carbonyl (C=O) groups excluding carboxylic acids is 1. The van der Waals surface area contributed by atoms with Crippen LogP contribution in [0.3, 0.4) is 0 Å². The van der Waals surface area contributed by atoms with Crippen LogP contribution in [0.1, 0.15) is 61.1 Å². The summed E-state index contributed by atoms with van der Waals surface area (Å²) in [6.45, 7) is 4.65. The Bertz CT molecular complexity index is 796. The first kappa shape index (κ1) is 18.3. The average Bonchev–Trinajstić information content (AvgIpc) is 3.25. The number of H-pyrrole nitrogens is 1. The van der Waals surface area contributed by atoms with Gasteiger partial charge in [-0.25, -0.2) is 9.18 Å². The zero-order chi connectivity index (χ0) is 18.4. The van der Waals surface area contributed by atoms with E-state index in [1.807, 2.05) is 12.1 Å². The summed E-state index contributed by atoms with van der Waals surface area (Å²) in [5.74, 6) is -0.0991. The van der Waals surface area contributed by atoms with Crippen molar-refractivity contribution in [2.75, 3.05) is 6.61 Å². The molecule has 1 aromatic heterocycles. The molecule has 0 aliphatic heterocycles. The van der Waals surface area contributed by atoms with Crippen LogP contribution in [-0.2, 0) is 10.4 Å². The number of benzene rings is 1. The van der Waals surface area contributed by atoms with Gasteiger partial charge in [0.1, 0.15) is 5.67 Å². The van der Waals surface area contributed by atoms with Gasteiger partial charge in [-0.1, -0.05) is 23.2 Å². The standard InChI is InChI=1S/C19H20Cl2FNO2/c1-4-25-18(24)16-12(9-23-17(16)19(2,3)22)15-13(20)7-11(8-14(15)21)10-5-6-10/h7-10,23H,4-6H2,1-3H3. The maximum absolute atomic E-state index is 14.6. The quantitative estimate of drug-likeness (QED) is 0.620. The molecule has 6 heteroatoms. The van der Waals surface area contributed by atoms with Crippen LogP contribution in [-0.4, -0.2) is 17.6 Å². The molecule has 0 bridgehead atoms. The molecule has 0 amide bonds. The number of hydrogen-bond acceptors (Lipinski definition) is 2. The Morgan fingerprint density at radius 2 is 1.92 bits per heavy atom. The second-order valence-corrected chi connectivity index (χ2v) is 7.59. The lowest BCUT2D eigenvalue weighted by atomic mass is 9.96. The predicted molar refractivity (Wildman–Crippen MR) is 98.3 cm³/mol. The number of aromatic amines is 1. The molecular weight excluding hydrogens is 364 g/mol. The van der Waals surface area contributed by atoms with Crippen molar-refractivity contribution in [2.45, 2.75) is 45.2 Å². The fraction of sp³-hybridized carbons (Fsp3) is 0.421. The lowest BCUT2D eigenvalue weighted by Crippen LogP contribution is -2.17. The Labute approximate surface area is 156 Å². The highest BCUT2D eigenvalue weighted by molar-refractivity contribution is 6.39. The molecule has 25 heavy (non-hydrogen) atoms. The van der Waals surface area contributed by atoms with Crippen molar-refractivity contribution in [3.05, 3.63) is 45.2 Å². The van der Waals surface area contributed by atoms with Crippen LogP contribution in [0.4, 0.5) is 4.39 Å². The molecule has 1 fully saturated rings. The summed E-state index contributed by atoms with van der Waals surface area (Å²) in [6.07, 6.45) is 3.82. The minimum atomic E-state index is -1.74. The van der Waals surface area contributed by atoms with Crippen LogP contribution in [0.15, 0.2) is 18.3 Å². The number of carbonyl (C=O) groups is 1. The summed E-state index contributed by atoms with van der Waals surface area (Å²) in [5.41, 5.74) is 0.613. The molecule has 134 valence electrons. The van der Waals surface area contributed by atoms with Gasteiger partial charge < -0.3 is 9.72 Å². The van der Waals surface area contributed by atoms with Crippen LogP contribution in [0.2, 0.25) is 10.0 Å². The maximum Gasteiger partial charge on any atom is 0.340 e. The molecule has 0 spiro atoms. The molecule has 0 radical (unpaired) electrons. The predicted octanol–water partition coefficient (Wildman–Crippen LogP) is 6.25. The van der Waals surface area contributed by atoms with Crippen molar-refractivity contribution < 1.29 is 13.9 Å². The lowest BCUT2D eigenvalue weighted by molar-refractivity contribution is 0.0519. The van der Waals surface area contributed by atoms with Gasteiger partial charge in [0.15, 0.2) is 0 Å². The first-order valence-corrected chi connectivity index (χ1v) is 9.06. The smallest absolute Gasteiger partial charge is 0.340 e. The van der Waals surface area contributed by atoms with E-state index in [9.17, 15) is 9.18 Å². The SMILES string of the molecule is CCOC(=O)c1c(-c2c(Cl)cc(C3CC3)cc2Cl)c[nH]c1C(C)(C)F. The van der Waals surface area contributed by atoms with E-state index >= 15 is 0 Å². The van der Waals surface area contributed by atoms with Crippen molar-refractivity contribution in [1.82, 2.24) is 4.98 Å². The molecule has 1 aromatic carbocycles. The number of hydrogen-bond donors (Lipinski definition) is 1. The third-order valence-corrected chi connectivity index (χ3v) is 4.93. The van der Waals surface area contributed by atoms with Crippen molar-refractivity contribution in [3.8, 4) is 11.1 Å². The number of esters is 1. The van der Waals surface area contributed by atoms with Crippen LogP contribution in [0, 0.1) is 0 Å². The summed E-state index contributed by atoms with van der Waals surface area (Å²) in [6, 6.07) is 3.76. The molecule has 1 saturated carbocycles. The number of aromatic nitrogens is 1. The fourth-order valence-electron chi connectivity index (χ4n) is 3.01. The molecule has 1 N–H and O–H groups in total. The summed E-state index contributed by atoms with van der Waals surface area (Å²) in [5, 5.41) is 0.893. The maximum atomic E-state index is 14.6. The van der Waals surface area contributed by atoms with Gasteiger partial charge in [0.05, 0.1) is 27.9 Å². The minimum Gasteiger partial charge on any atom is -0.462 e. The zero-order valence-corrected chi connectivity index (χ0v) is 15.9. The van der Waals surface area contributed by atoms with Crippen molar-refractivity contribution >= 4 is 29.2 Å². The highest BCUT2D eigenvalue weighted by Gasteiger charge is 2.33. The normalized spacial score (nSPS) is 14.6. The number of alkyl halides is 1. The van der Waals surface area contributed by atoms with Crippen molar-refractivity contribution in [1.29, 1.82) is 0 Å². The minimum absolute atomic E-state index is 0.136. The van der Waals surface area contributed by atoms with Gasteiger partial charge in [-0.15, -0.1) is 0 Å². The molecule has 1 aliphatic rings. The largest absolute Gasteiger partial charge is 0.462 e. The Kier molecular flexibility index (Phi) is 4.86. The van der Waals surface area contributed by atoms with Crippen molar-refractivity contribution in [2.24, 2.45) is 0 Å². The first-order valence-electron chi connectivity index (χ1n) is 8.31. The van der Waals surface area contributed by atoms with Gasteiger partial charge in [-0.05, 0) is 57.2 Å². The van der Waals surface area contributed by atoms with Crippen LogP contribution in [0.5, 0.6) is 0 Å². The molecule has 0 saturated heterocycles. The monoisotopic (exact) mass is 383 g/mol. The van der Waals surface area contributed by atoms with Gasteiger partial charge >= 0.3 is 5.97 Å². The van der Waals surface area contributed by atoms with Crippen molar-refractivity contribution in [3.63, 3.8) is 0 Å². The summed E-state index contributed by atoms with van der Waals surface area (Å²) in [4.78, 5) is 15.3. The molecule has 0 unspecified atom stereocenters. The molecule has 0 atom stereocenters. The lowest BCUT2D eigenvalue weighted by Gasteiger charge is -2.16. The molecular formula is C19H20Cl2FNO2. The van der Waals surface area contributed by atoms with Gasteiger partial charge in [-0.2, -0.15) is 0 Å². The highest BCUT2D eigenvalue weighted by atomic mass is 35.5. The molecule has 2 aromatic rings. The Morgan fingerprint density at radius 1 is 1.32 bits per heavy atom. The number of rotatable bonds is 5. The van der Waals surface area contributed by atoms with Gasteiger partial charge in [-0.3, -0.25) is 0 Å². The first-order chi connectivity index (χ1) is 11.7. The molecule has 1 heterocycles. The summed E-state index contributed by atoms with van der Waals surface area (Å²) < 4.78 is 19.7. The topological polar surface area (TPSA) is 42.1 Å². The Morgan fingerprint density at radius 3 is 2.40 bits per heavy atom. The molecule has 3 rings (SSSR count). The summed E-state index contributed by atoms with van der Waals surface area (Å²) in [7, 11) is 0. The third-order valence-electron chi connectivity index (χ3n) is 4.34. The van der Waals surface area contributed by atoms with E-state index in [4.69, 9.17) is 27.9 Å². The van der Waals surface area contributed by atoms with E-state index in [1.54, 1.807) is 13.1 Å². The van der Waals surface area contributed by atoms with Gasteiger partial charge in [0.25, 0.3) is 0 Å².